The Hall–Kier alpha value is -0.580. The van der Waals surface area contributed by atoms with Crippen LogP contribution in [0.4, 0.5) is 0 Å². The highest BCUT2D eigenvalue weighted by atomic mass is 79.9. The maximum Gasteiger partial charge on any atom is 0.169 e. The molecule has 0 saturated heterocycles. The fourth-order valence-electron chi connectivity index (χ4n) is 2.09. The molecule has 1 unspecified atom stereocenters. The monoisotopic (exact) mass is 385 g/mol. The molecule has 0 fully saturated rings. The second kappa shape index (κ2) is 6.73. The van der Waals surface area contributed by atoms with E-state index in [0.717, 1.165) is 27.9 Å². The lowest BCUT2D eigenvalue weighted by Crippen LogP contribution is -2.22. The van der Waals surface area contributed by atoms with E-state index in [1.54, 1.807) is 0 Å². The SMILES string of the molecule is CCCNC(c1cc(C)cc(Br)c1)c1ccc(Br)o1. The maximum atomic E-state index is 5.72. The summed E-state index contributed by atoms with van der Waals surface area (Å²) >= 11 is 6.93. The summed E-state index contributed by atoms with van der Waals surface area (Å²) in [5.74, 6) is 0.929. The van der Waals surface area contributed by atoms with Gasteiger partial charge in [0.1, 0.15) is 5.76 Å². The van der Waals surface area contributed by atoms with Gasteiger partial charge in [0.15, 0.2) is 4.67 Å². The van der Waals surface area contributed by atoms with Gasteiger partial charge in [-0.3, -0.25) is 0 Å². The second-order valence-corrected chi connectivity index (χ2v) is 6.29. The average molecular weight is 387 g/mol. The van der Waals surface area contributed by atoms with E-state index in [9.17, 15) is 0 Å². The number of hydrogen-bond donors (Lipinski definition) is 1. The number of hydrogen-bond acceptors (Lipinski definition) is 2. The number of furan rings is 1. The summed E-state index contributed by atoms with van der Waals surface area (Å²) in [7, 11) is 0. The Bertz CT molecular complexity index is 531. The van der Waals surface area contributed by atoms with Crippen LogP contribution in [-0.4, -0.2) is 6.54 Å². The standard InChI is InChI=1S/C15H17Br2NO/c1-3-6-18-15(13-4-5-14(17)19-13)11-7-10(2)8-12(16)9-11/h4-5,7-9,15,18H,3,6H2,1-2H3. The van der Waals surface area contributed by atoms with E-state index in [1.165, 1.54) is 11.1 Å². The first-order valence-electron chi connectivity index (χ1n) is 6.36. The Kier molecular flexibility index (Phi) is 5.25. The first-order valence-corrected chi connectivity index (χ1v) is 7.94. The zero-order valence-corrected chi connectivity index (χ0v) is 14.2. The zero-order valence-electron chi connectivity index (χ0n) is 11.0. The van der Waals surface area contributed by atoms with E-state index in [1.807, 2.05) is 12.1 Å². The summed E-state index contributed by atoms with van der Waals surface area (Å²) in [6.07, 6.45) is 1.09. The number of halogens is 2. The van der Waals surface area contributed by atoms with Crippen LogP contribution in [0.1, 0.15) is 36.3 Å². The van der Waals surface area contributed by atoms with Gasteiger partial charge in [-0.15, -0.1) is 0 Å². The Morgan fingerprint density at radius 1 is 1.21 bits per heavy atom. The van der Waals surface area contributed by atoms with Gasteiger partial charge in [0, 0.05) is 4.47 Å². The molecule has 1 aromatic carbocycles. The summed E-state index contributed by atoms with van der Waals surface area (Å²) in [4.78, 5) is 0. The van der Waals surface area contributed by atoms with Crippen molar-refractivity contribution in [1.82, 2.24) is 5.32 Å². The Morgan fingerprint density at radius 3 is 2.58 bits per heavy atom. The minimum atomic E-state index is 0.0856. The second-order valence-electron chi connectivity index (χ2n) is 4.59. The molecule has 1 aromatic heterocycles. The minimum absolute atomic E-state index is 0.0856. The van der Waals surface area contributed by atoms with Gasteiger partial charge < -0.3 is 9.73 Å². The van der Waals surface area contributed by atoms with Crippen molar-refractivity contribution in [3.8, 4) is 0 Å². The van der Waals surface area contributed by atoms with Crippen LogP contribution in [0.5, 0.6) is 0 Å². The van der Waals surface area contributed by atoms with Gasteiger partial charge in [0.2, 0.25) is 0 Å². The Balaban J connectivity index is 2.36. The lowest BCUT2D eigenvalue weighted by Gasteiger charge is -2.17. The molecule has 0 saturated carbocycles. The van der Waals surface area contributed by atoms with Crippen molar-refractivity contribution in [2.45, 2.75) is 26.3 Å². The normalized spacial score (nSPS) is 12.6. The average Bonchev–Trinajstić information content (AvgIpc) is 2.75. The molecule has 0 bridgehead atoms. The molecule has 2 rings (SSSR count). The molecule has 2 aromatic rings. The summed E-state index contributed by atoms with van der Waals surface area (Å²) in [6, 6.07) is 10.5. The summed E-state index contributed by atoms with van der Waals surface area (Å²) in [6.45, 7) is 5.21. The molecular weight excluding hydrogens is 370 g/mol. The van der Waals surface area contributed by atoms with Crippen molar-refractivity contribution in [1.29, 1.82) is 0 Å². The van der Waals surface area contributed by atoms with Crippen molar-refractivity contribution < 1.29 is 4.42 Å². The lowest BCUT2D eigenvalue weighted by molar-refractivity contribution is 0.433. The van der Waals surface area contributed by atoms with Crippen molar-refractivity contribution in [3.63, 3.8) is 0 Å². The molecule has 1 N–H and O–H groups in total. The Labute approximate surface area is 130 Å². The van der Waals surface area contributed by atoms with Crippen molar-refractivity contribution in [3.05, 3.63) is 56.4 Å². The molecule has 102 valence electrons. The highest BCUT2D eigenvalue weighted by molar-refractivity contribution is 9.10. The summed E-state index contributed by atoms with van der Waals surface area (Å²) < 4.78 is 7.57. The Morgan fingerprint density at radius 2 is 2.00 bits per heavy atom. The maximum absolute atomic E-state index is 5.72. The van der Waals surface area contributed by atoms with Crippen molar-refractivity contribution in [2.24, 2.45) is 0 Å². The minimum Gasteiger partial charge on any atom is -0.452 e. The van der Waals surface area contributed by atoms with E-state index in [2.05, 4.69) is 69.2 Å². The van der Waals surface area contributed by atoms with Crippen molar-refractivity contribution >= 4 is 31.9 Å². The van der Waals surface area contributed by atoms with Gasteiger partial charge in [-0.1, -0.05) is 28.9 Å². The molecule has 1 heterocycles. The quantitative estimate of drug-likeness (QED) is 0.763. The third-order valence-corrected chi connectivity index (χ3v) is 3.76. The van der Waals surface area contributed by atoms with Crippen LogP contribution in [0, 0.1) is 6.92 Å². The van der Waals surface area contributed by atoms with Crippen molar-refractivity contribution in [2.75, 3.05) is 6.54 Å². The molecule has 4 heteroatoms. The number of benzene rings is 1. The number of nitrogens with one attached hydrogen (secondary N) is 1. The third-order valence-electron chi connectivity index (χ3n) is 2.87. The summed E-state index contributed by atoms with van der Waals surface area (Å²) in [5, 5.41) is 3.53. The molecule has 19 heavy (non-hydrogen) atoms. The van der Waals surface area contributed by atoms with E-state index >= 15 is 0 Å². The molecule has 0 radical (unpaired) electrons. The van der Waals surface area contributed by atoms with Gasteiger partial charge in [0.05, 0.1) is 6.04 Å². The molecule has 0 amide bonds. The fourth-order valence-corrected chi connectivity index (χ4v) is 3.03. The van der Waals surface area contributed by atoms with Crippen LogP contribution in [0.25, 0.3) is 0 Å². The van der Waals surface area contributed by atoms with E-state index in [0.29, 0.717) is 0 Å². The molecule has 1 atom stereocenters. The topological polar surface area (TPSA) is 25.2 Å². The van der Waals surface area contributed by atoms with Gasteiger partial charge >= 0.3 is 0 Å². The predicted molar refractivity (Wildman–Crippen MR) is 85.4 cm³/mol. The van der Waals surface area contributed by atoms with Gasteiger partial charge in [-0.05, 0) is 71.2 Å². The first-order chi connectivity index (χ1) is 9.10. The van der Waals surface area contributed by atoms with Gasteiger partial charge in [-0.25, -0.2) is 0 Å². The molecule has 0 aliphatic carbocycles. The van der Waals surface area contributed by atoms with Crippen LogP contribution in [0.2, 0.25) is 0 Å². The fraction of sp³-hybridized carbons (Fsp3) is 0.333. The largest absolute Gasteiger partial charge is 0.452 e. The van der Waals surface area contributed by atoms with Crippen LogP contribution >= 0.6 is 31.9 Å². The first kappa shape index (κ1) is 14.8. The van der Waals surface area contributed by atoms with E-state index in [4.69, 9.17) is 4.42 Å². The van der Waals surface area contributed by atoms with E-state index in [-0.39, 0.29) is 6.04 Å². The lowest BCUT2D eigenvalue weighted by atomic mass is 10.0. The van der Waals surface area contributed by atoms with Gasteiger partial charge in [-0.2, -0.15) is 0 Å². The zero-order chi connectivity index (χ0) is 13.8. The molecule has 0 aliphatic heterocycles. The molecular formula is C15H17Br2NO. The number of aryl methyl sites for hydroxylation is 1. The van der Waals surface area contributed by atoms with Crippen LogP contribution in [0.3, 0.4) is 0 Å². The van der Waals surface area contributed by atoms with Gasteiger partial charge in [0.25, 0.3) is 0 Å². The van der Waals surface area contributed by atoms with Crippen LogP contribution < -0.4 is 5.32 Å². The van der Waals surface area contributed by atoms with E-state index < -0.39 is 0 Å². The summed E-state index contributed by atoms with van der Waals surface area (Å²) in [5.41, 5.74) is 2.44. The molecule has 2 nitrogen and oxygen atoms in total. The highest BCUT2D eigenvalue weighted by Crippen LogP contribution is 2.28. The highest BCUT2D eigenvalue weighted by Gasteiger charge is 2.17. The number of rotatable bonds is 5. The smallest absolute Gasteiger partial charge is 0.169 e. The molecule has 0 spiro atoms. The van der Waals surface area contributed by atoms with Crippen LogP contribution in [0.15, 0.2) is 43.9 Å². The molecule has 0 aliphatic rings. The third kappa shape index (κ3) is 3.94. The van der Waals surface area contributed by atoms with Crippen LogP contribution in [-0.2, 0) is 0 Å². The predicted octanol–water partition coefficient (Wildman–Crippen LogP) is 5.20.